The maximum Gasteiger partial charge on any atom is 0.490 e. The number of nitrogens with one attached hydrogen (secondary N) is 2. The molecular formula is C29H34F3N3O5. The zero-order chi connectivity index (χ0) is 28.9. The van der Waals surface area contributed by atoms with Gasteiger partial charge in [-0.3, -0.25) is 0 Å². The fraction of sp³-hybridized carbons (Fsp3) is 0.483. The molecule has 4 bridgehead atoms. The zero-order valence-corrected chi connectivity index (χ0v) is 22.2. The van der Waals surface area contributed by atoms with Gasteiger partial charge in [-0.1, -0.05) is 12.1 Å². The van der Waals surface area contributed by atoms with Crippen molar-refractivity contribution in [1.82, 2.24) is 5.32 Å². The summed E-state index contributed by atoms with van der Waals surface area (Å²) in [6.07, 6.45) is 3.23. The highest BCUT2D eigenvalue weighted by molar-refractivity contribution is 5.94. The minimum absolute atomic E-state index is 0.275. The van der Waals surface area contributed by atoms with Crippen LogP contribution in [0.4, 0.5) is 18.9 Å². The number of hydrogen-bond donors (Lipinski definition) is 4. The second-order valence-corrected chi connectivity index (χ2v) is 11.1. The minimum Gasteiger partial charge on any atom is -0.497 e. The lowest BCUT2D eigenvalue weighted by Gasteiger charge is -2.57. The molecule has 0 amide bonds. The van der Waals surface area contributed by atoms with E-state index in [0.29, 0.717) is 12.0 Å². The number of carboxylic acid groups (broad SMARTS) is 2. The van der Waals surface area contributed by atoms with Gasteiger partial charge in [-0.15, -0.1) is 0 Å². The first-order valence-corrected chi connectivity index (χ1v) is 13.3. The molecule has 4 fully saturated rings. The molecule has 4 N–H and O–H groups in total. The van der Waals surface area contributed by atoms with Crippen molar-refractivity contribution in [3.05, 3.63) is 59.7 Å². The molecule has 0 atom stereocenters. The van der Waals surface area contributed by atoms with Gasteiger partial charge < -0.3 is 25.6 Å². The normalized spacial score (nSPS) is 25.0. The topological polar surface area (TPSA) is 120 Å². The number of aliphatic imine (C=N–C) groups is 1. The number of ether oxygens (including phenoxy) is 1. The summed E-state index contributed by atoms with van der Waals surface area (Å²) >= 11 is 0. The molecule has 8 nitrogen and oxygen atoms in total. The summed E-state index contributed by atoms with van der Waals surface area (Å²) in [6, 6.07) is 14.8. The van der Waals surface area contributed by atoms with Crippen molar-refractivity contribution in [2.75, 3.05) is 19.0 Å². The van der Waals surface area contributed by atoms with Gasteiger partial charge in [-0.05, 0) is 104 Å². The van der Waals surface area contributed by atoms with Gasteiger partial charge in [0.2, 0.25) is 0 Å². The lowest BCUT2D eigenvalue weighted by molar-refractivity contribution is -0.192. The number of carboxylic acids is 2. The van der Waals surface area contributed by atoms with Crippen LogP contribution in [0.2, 0.25) is 0 Å². The van der Waals surface area contributed by atoms with E-state index in [4.69, 9.17) is 19.6 Å². The van der Waals surface area contributed by atoms with Gasteiger partial charge in [0.25, 0.3) is 0 Å². The molecule has 40 heavy (non-hydrogen) atoms. The Bertz CT molecular complexity index is 1190. The molecular weight excluding hydrogens is 527 g/mol. The highest BCUT2D eigenvalue weighted by atomic mass is 19.4. The highest BCUT2D eigenvalue weighted by Gasteiger charge is 2.50. The van der Waals surface area contributed by atoms with E-state index in [1.54, 1.807) is 31.4 Å². The number of aliphatic carboxylic acids is 1. The highest BCUT2D eigenvalue weighted by Crippen LogP contribution is 2.59. The van der Waals surface area contributed by atoms with Crippen LogP contribution in [-0.4, -0.2) is 47.9 Å². The molecule has 11 heteroatoms. The molecule has 0 radical (unpaired) electrons. The van der Waals surface area contributed by atoms with Crippen molar-refractivity contribution < 1.29 is 37.7 Å². The Labute approximate surface area is 230 Å². The number of hydrogen-bond acceptors (Lipinski definition) is 4. The molecule has 4 aliphatic rings. The molecule has 0 aromatic heterocycles. The summed E-state index contributed by atoms with van der Waals surface area (Å²) in [7, 11) is 1.67. The van der Waals surface area contributed by atoms with Crippen LogP contribution in [0, 0.1) is 23.2 Å². The third-order valence-electron chi connectivity index (χ3n) is 7.99. The smallest absolute Gasteiger partial charge is 0.490 e. The molecule has 4 saturated carbocycles. The Morgan fingerprint density at radius 2 is 1.57 bits per heavy atom. The van der Waals surface area contributed by atoms with E-state index in [1.165, 1.54) is 38.5 Å². The number of aromatic carboxylic acids is 1. The molecule has 2 aromatic carbocycles. The van der Waals surface area contributed by atoms with Crippen LogP contribution >= 0.6 is 0 Å². The summed E-state index contributed by atoms with van der Waals surface area (Å²) < 4.78 is 37.1. The van der Waals surface area contributed by atoms with Gasteiger partial charge in [0.05, 0.1) is 19.2 Å². The number of methoxy groups -OCH3 is 1. The first-order chi connectivity index (χ1) is 18.9. The fourth-order valence-corrected chi connectivity index (χ4v) is 6.69. The van der Waals surface area contributed by atoms with E-state index in [9.17, 15) is 23.1 Å². The third kappa shape index (κ3) is 7.67. The number of benzene rings is 2. The number of anilines is 1. The monoisotopic (exact) mass is 561 g/mol. The van der Waals surface area contributed by atoms with Crippen molar-refractivity contribution in [3.8, 4) is 5.75 Å². The lowest BCUT2D eigenvalue weighted by Crippen LogP contribution is -2.51. The Morgan fingerprint density at radius 3 is 2.08 bits per heavy atom. The van der Waals surface area contributed by atoms with Crippen LogP contribution in [0.3, 0.4) is 0 Å². The number of carbonyl (C=O) groups is 2. The lowest BCUT2D eigenvalue weighted by atomic mass is 9.49. The summed E-state index contributed by atoms with van der Waals surface area (Å²) in [5.74, 6) is 0.603. The van der Waals surface area contributed by atoms with Crippen LogP contribution in [-0.2, 0) is 11.3 Å². The Balaban J connectivity index is 0.000000470. The van der Waals surface area contributed by atoms with E-state index >= 15 is 0 Å². The molecule has 0 spiro atoms. The predicted octanol–water partition coefficient (Wildman–Crippen LogP) is 5.80. The van der Waals surface area contributed by atoms with Crippen LogP contribution < -0.4 is 15.4 Å². The molecule has 2 aromatic rings. The van der Waals surface area contributed by atoms with Gasteiger partial charge in [-0.25, -0.2) is 14.6 Å². The fourth-order valence-electron chi connectivity index (χ4n) is 6.69. The predicted molar refractivity (Wildman–Crippen MR) is 143 cm³/mol. The van der Waals surface area contributed by atoms with Gasteiger partial charge in [0.15, 0.2) is 5.96 Å². The van der Waals surface area contributed by atoms with Gasteiger partial charge >= 0.3 is 18.1 Å². The van der Waals surface area contributed by atoms with E-state index in [-0.39, 0.29) is 5.56 Å². The molecule has 0 aliphatic heterocycles. The Morgan fingerprint density at radius 1 is 1.00 bits per heavy atom. The van der Waals surface area contributed by atoms with E-state index in [1.807, 2.05) is 24.3 Å². The summed E-state index contributed by atoms with van der Waals surface area (Å²) in [5, 5.41) is 23.3. The van der Waals surface area contributed by atoms with Gasteiger partial charge in [0, 0.05) is 12.2 Å². The molecule has 4 aliphatic carbocycles. The molecule has 0 unspecified atom stereocenters. The first kappa shape index (κ1) is 29.2. The number of nitrogens with zero attached hydrogens (tertiary/aromatic N) is 1. The Hall–Kier alpha value is -3.76. The summed E-state index contributed by atoms with van der Waals surface area (Å²) in [4.78, 5) is 24.9. The van der Waals surface area contributed by atoms with Crippen molar-refractivity contribution in [1.29, 1.82) is 0 Å². The Kier molecular flexibility index (Phi) is 8.90. The molecule has 216 valence electrons. The number of halogens is 3. The molecule has 0 heterocycles. The summed E-state index contributed by atoms with van der Waals surface area (Å²) in [5.41, 5.74) is 2.56. The largest absolute Gasteiger partial charge is 0.497 e. The first-order valence-electron chi connectivity index (χ1n) is 13.3. The van der Waals surface area contributed by atoms with E-state index in [0.717, 1.165) is 47.3 Å². The van der Waals surface area contributed by atoms with E-state index < -0.39 is 18.1 Å². The summed E-state index contributed by atoms with van der Waals surface area (Å²) in [6.45, 7) is 1.47. The van der Waals surface area contributed by atoms with Crippen molar-refractivity contribution in [2.45, 2.75) is 51.2 Å². The second kappa shape index (κ2) is 12.2. The standard InChI is InChI=1S/C27H33N3O3.C2HF3O2/c1-33-24-4-2-3-18(12-24)16-28-26(30-23-7-5-22(6-8-23)25(31)32)29-17-27-13-19-9-20(14-27)11-21(10-19)15-27;3-2(4,5)1(6)7/h2-8,12,19-21H,9-11,13-17H2,1H3,(H,31,32)(H2,28,29,30);(H,6,7). The van der Waals surface area contributed by atoms with Crippen molar-refractivity contribution in [2.24, 2.45) is 28.2 Å². The van der Waals surface area contributed by atoms with Crippen LogP contribution in [0.25, 0.3) is 0 Å². The van der Waals surface area contributed by atoms with Gasteiger partial charge in [0.1, 0.15) is 5.75 Å². The molecule has 0 saturated heterocycles. The second-order valence-electron chi connectivity index (χ2n) is 11.1. The third-order valence-corrected chi connectivity index (χ3v) is 7.99. The van der Waals surface area contributed by atoms with Crippen LogP contribution in [0.15, 0.2) is 53.5 Å². The van der Waals surface area contributed by atoms with Crippen molar-refractivity contribution >= 4 is 23.6 Å². The van der Waals surface area contributed by atoms with Crippen molar-refractivity contribution in [3.63, 3.8) is 0 Å². The van der Waals surface area contributed by atoms with Crippen LogP contribution in [0.1, 0.15) is 54.4 Å². The minimum atomic E-state index is -5.08. The van der Waals surface area contributed by atoms with Gasteiger partial charge in [-0.2, -0.15) is 13.2 Å². The molecule has 6 rings (SSSR count). The quantitative estimate of drug-likeness (QED) is 0.249. The zero-order valence-electron chi connectivity index (χ0n) is 22.2. The maximum absolute atomic E-state index is 11.2. The number of rotatable bonds is 7. The average Bonchev–Trinajstić information content (AvgIpc) is 2.89. The number of alkyl halides is 3. The average molecular weight is 562 g/mol. The number of guanidine groups is 1. The van der Waals surface area contributed by atoms with E-state index in [2.05, 4.69) is 10.6 Å². The maximum atomic E-state index is 11.2. The SMILES string of the molecule is COc1cccc(CN=C(NCC23CC4CC(CC(C4)C2)C3)Nc2ccc(C(=O)O)cc2)c1.O=C(O)C(F)(F)F. The van der Waals surface area contributed by atoms with Crippen LogP contribution in [0.5, 0.6) is 5.75 Å².